The molecule has 0 bridgehead atoms. The summed E-state index contributed by atoms with van der Waals surface area (Å²) in [5.41, 5.74) is 0. The number of likely N-dealkylation sites (N-methyl/N-ethyl adjacent to an activating group) is 1. The van der Waals surface area contributed by atoms with Crippen molar-refractivity contribution >= 4 is 5.91 Å². The lowest BCUT2D eigenvalue weighted by atomic mass is 10.1. The maximum atomic E-state index is 11.7. The van der Waals surface area contributed by atoms with E-state index in [-0.39, 0.29) is 5.91 Å². The average molecular weight is 184 g/mol. The van der Waals surface area contributed by atoms with Crippen LogP contribution in [0.5, 0.6) is 0 Å². The van der Waals surface area contributed by atoms with Crippen LogP contribution >= 0.6 is 0 Å². The van der Waals surface area contributed by atoms with E-state index >= 15 is 0 Å². The van der Waals surface area contributed by atoms with Crippen LogP contribution < -0.4 is 5.32 Å². The van der Waals surface area contributed by atoms with Gasteiger partial charge in [-0.05, 0) is 33.2 Å². The Labute approximate surface area is 80.5 Å². The van der Waals surface area contributed by atoms with Crippen molar-refractivity contribution < 1.29 is 4.79 Å². The second kappa shape index (κ2) is 4.61. The molecule has 76 valence electrons. The zero-order chi connectivity index (χ0) is 9.84. The Morgan fingerprint density at radius 2 is 2.23 bits per heavy atom. The molecule has 0 radical (unpaired) electrons. The van der Waals surface area contributed by atoms with Crippen molar-refractivity contribution in [2.45, 2.75) is 45.2 Å². The van der Waals surface area contributed by atoms with Crippen molar-refractivity contribution in [3.8, 4) is 0 Å². The Hall–Kier alpha value is -0.570. The van der Waals surface area contributed by atoms with Gasteiger partial charge in [-0.3, -0.25) is 4.79 Å². The smallest absolute Gasteiger partial charge is 0.237 e. The standard InChI is InChI=1S/C10H20N2O/c1-4-9-6-5-8(2)12(9)10(13)7-11-3/h8-9,11H,4-7H2,1-3H3. The number of hydrogen-bond donors (Lipinski definition) is 1. The summed E-state index contributed by atoms with van der Waals surface area (Å²) in [4.78, 5) is 13.7. The van der Waals surface area contributed by atoms with Gasteiger partial charge in [0.25, 0.3) is 0 Å². The van der Waals surface area contributed by atoms with Crippen LogP contribution in [-0.2, 0) is 4.79 Å². The summed E-state index contributed by atoms with van der Waals surface area (Å²) < 4.78 is 0. The zero-order valence-corrected chi connectivity index (χ0v) is 8.84. The van der Waals surface area contributed by atoms with Gasteiger partial charge in [-0.1, -0.05) is 6.92 Å². The van der Waals surface area contributed by atoms with Crippen LogP contribution in [0, 0.1) is 0 Å². The van der Waals surface area contributed by atoms with Gasteiger partial charge in [0.1, 0.15) is 0 Å². The van der Waals surface area contributed by atoms with Gasteiger partial charge in [-0.2, -0.15) is 0 Å². The maximum Gasteiger partial charge on any atom is 0.237 e. The predicted octanol–water partition coefficient (Wildman–Crippen LogP) is 0.995. The van der Waals surface area contributed by atoms with Gasteiger partial charge in [0.05, 0.1) is 6.54 Å². The molecule has 3 heteroatoms. The first-order valence-electron chi connectivity index (χ1n) is 5.16. The van der Waals surface area contributed by atoms with Crippen molar-refractivity contribution in [2.75, 3.05) is 13.6 Å². The number of carbonyl (C=O) groups excluding carboxylic acids is 1. The number of carbonyl (C=O) groups is 1. The molecule has 0 spiro atoms. The number of nitrogens with zero attached hydrogens (tertiary/aromatic N) is 1. The molecule has 1 saturated heterocycles. The van der Waals surface area contributed by atoms with Crippen LogP contribution in [0.1, 0.15) is 33.1 Å². The highest BCUT2D eigenvalue weighted by molar-refractivity contribution is 5.79. The highest BCUT2D eigenvalue weighted by Crippen LogP contribution is 2.25. The van der Waals surface area contributed by atoms with E-state index in [2.05, 4.69) is 24.1 Å². The molecule has 2 atom stereocenters. The number of nitrogens with one attached hydrogen (secondary N) is 1. The highest BCUT2D eigenvalue weighted by atomic mass is 16.2. The second-order valence-electron chi connectivity index (χ2n) is 3.82. The fourth-order valence-electron chi connectivity index (χ4n) is 2.16. The van der Waals surface area contributed by atoms with Gasteiger partial charge in [0.2, 0.25) is 5.91 Å². The second-order valence-corrected chi connectivity index (χ2v) is 3.82. The summed E-state index contributed by atoms with van der Waals surface area (Å²) >= 11 is 0. The van der Waals surface area contributed by atoms with Crippen LogP contribution in [0.3, 0.4) is 0 Å². The first-order valence-corrected chi connectivity index (χ1v) is 5.16. The number of amides is 1. The van der Waals surface area contributed by atoms with E-state index < -0.39 is 0 Å². The molecular weight excluding hydrogens is 164 g/mol. The Morgan fingerprint density at radius 3 is 2.77 bits per heavy atom. The molecule has 1 aliphatic heterocycles. The predicted molar refractivity (Wildman–Crippen MR) is 53.5 cm³/mol. The number of likely N-dealkylation sites (tertiary alicyclic amines) is 1. The van der Waals surface area contributed by atoms with Crippen LogP contribution in [-0.4, -0.2) is 36.5 Å². The largest absolute Gasteiger partial charge is 0.336 e. The third-order valence-electron chi connectivity index (χ3n) is 2.87. The molecule has 1 aliphatic rings. The summed E-state index contributed by atoms with van der Waals surface area (Å²) in [6.07, 6.45) is 3.42. The van der Waals surface area contributed by atoms with Gasteiger partial charge < -0.3 is 10.2 Å². The molecule has 1 rings (SSSR count). The van der Waals surface area contributed by atoms with Crippen molar-refractivity contribution in [2.24, 2.45) is 0 Å². The molecule has 0 saturated carbocycles. The zero-order valence-electron chi connectivity index (χ0n) is 8.84. The Balaban J connectivity index is 2.58. The summed E-state index contributed by atoms with van der Waals surface area (Å²) in [6, 6.07) is 0.918. The van der Waals surface area contributed by atoms with Crippen LogP contribution in [0.15, 0.2) is 0 Å². The Bertz CT molecular complexity index is 182. The van der Waals surface area contributed by atoms with E-state index in [0.717, 1.165) is 12.8 Å². The van der Waals surface area contributed by atoms with E-state index in [1.165, 1.54) is 6.42 Å². The summed E-state index contributed by atoms with van der Waals surface area (Å²) in [7, 11) is 1.82. The molecule has 3 nitrogen and oxygen atoms in total. The minimum absolute atomic E-state index is 0.249. The van der Waals surface area contributed by atoms with E-state index in [1.807, 2.05) is 7.05 Å². The third kappa shape index (κ3) is 2.21. The fraction of sp³-hybridized carbons (Fsp3) is 0.900. The number of hydrogen-bond acceptors (Lipinski definition) is 2. The molecule has 1 heterocycles. The van der Waals surface area contributed by atoms with E-state index in [9.17, 15) is 4.79 Å². The van der Waals surface area contributed by atoms with Gasteiger partial charge in [-0.15, -0.1) is 0 Å². The van der Waals surface area contributed by atoms with Gasteiger partial charge in [0.15, 0.2) is 0 Å². The minimum Gasteiger partial charge on any atom is -0.336 e. The quantitative estimate of drug-likeness (QED) is 0.709. The molecular formula is C10H20N2O. The monoisotopic (exact) mass is 184 g/mol. The van der Waals surface area contributed by atoms with Gasteiger partial charge >= 0.3 is 0 Å². The molecule has 0 aromatic carbocycles. The van der Waals surface area contributed by atoms with Crippen molar-refractivity contribution in [3.63, 3.8) is 0 Å². The normalized spacial score (nSPS) is 28.1. The number of rotatable bonds is 3. The maximum absolute atomic E-state index is 11.7. The summed E-state index contributed by atoms with van der Waals surface area (Å²) in [5, 5.41) is 2.92. The fourth-order valence-corrected chi connectivity index (χ4v) is 2.16. The van der Waals surface area contributed by atoms with Crippen LogP contribution in [0.2, 0.25) is 0 Å². The first-order chi connectivity index (χ1) is 6.20. The minimum atomic E-state index is 0.249. The van der Waals surface area contributed by atoms with Crippen LogP contribution in [0.4, 0.5) is 0 Å². The molecule has 1 N–H and O–H groups in total. The molecule has 2 unspecified atom stereocenters. The van der Waals surface area contributed by atoms with E-state index in [4.69, 9.17) is 0 Å². The SMILES string of the molecule is CCC1CCC(C)N1C(=O)CNC. The lowest BCUT2D eigenvalue weighted by Gasteiger charge is -2.27. The highest BCUT2D eigenvalue weighted by Gasteiger charge is 2.32. The third-order valence-corrected chi connectivity index (χ3v) is 2.87. The average Bonchev–Trinajstić information content (AvgIpc) is 2.47. The topological polar surface area (TPSA) is 32.3 Å². The molecule has 1 amide bonds. The Kier molecular flexibility index (Phi) is 3.72. The molecule has 1 fully saturated rings. The summed E-state index contributed by atoms with van der Waals surface area (Å²) in [6.45, 7) is 4.77. The molecule has 13 heavy (non-hydrogen) atoms. The van der Waals surface area contributed by atoms with Crippen molar-refractivity contribution in [1.82, 2.24) is 10.2 Å². The van der Waals surface area contributed by atoms with Crippen molar-refractivity contribution in [1.29, 1.82) is 0 Å². The molecule has 0 aliphatic carbocycles. The van der Waals surface area contributed by atoms with Gasteiger partial charge in [-0.25, -0.2) is 0 Å². The van der Waals surface area contributed by atoms with Crippen LogP contribution in [0.25, 0.3) is 0 Å². The molecule has 0 aromatic heterocycles. The summed E-state index contributed by atoms with van der Waals surface area (Å²) in [5.74, 6) is 0.249. The van der Waals surface area contributed by atoms with E-state index in [1.54, 1.807) is 0 Å². The Morgan fingerprint density at radius 1 is 1.54 bits per heavy atom. The molecule has 0 aromatic rings. The lowest BCUT2D eigenvalue weighted by Crippen LogP contribution is -2.43. The lowest BCUT2D eigenvalue weighted by molar-refractivity contribution is -0.132. The van der Waals surface area contributed by atoms with Gasteiger partial charge in [0, 0.05) is 12.1 Å². The van der Waals surface area contributed by atoms with Crippen molar-refractivity contribution in [3.05, 3.63) is 0 Å². The first kappa shape index (κ1) is 10.5. The van der Waals surface area contributed by atoms with E-state index in [0.29, 0.717) is 18.6 Å².